The zero-order valence-corrected chi connectivity index (χ0v) is 19.9. The van der Waals surface area contributed by atoms with E-state index in [9.17, 15) is 0 Å². The van der Waals surface area contributed by atoms with E-state index in [1.165, 1.54) is 0 Å². The summed E-state index contributed by atoms with van der Waals surface area (Å²) in [6.45, 7) is 6.18. The van der Waals surface area contributed by atoms with Crippen LogP contribution in [0.15, 0.2) is 103 Å². The fourth-order valence-corrected chi connectivity index (χ4v) is 8.47. The van der Waals surface area contributed by atoms with E-state index >= 15 is 0 Å². The molecule has 32 heavy (non-hydrogen) atoms. The maximum atomic E-state index is 7.09. The van der Waals surface area contributed by atoms with Crippen LogP contribution in [0, 0.1) is 20.8 Å². The number of rotatable bonds is 7. The third kappa shape index (κ3) is 3.68. The predicted octanol–water partition coefficient (Wildman–Crippen LogP) is 6.67. The van der Waals surface area contributed by atoms with Crippen molar-refractivity contribution in [1.29, 1.82) is 0 Å². The minimum absolute atomic E-state index is 0.687. The van der Waals surface area contributed by atoms with Crippen molar-refractivity contribution in [2.45, 2.75) is 20.8 Å². The molecule has 3 nitrogen and oxygen atoms in total. The number of para-hydroxylation sites is 2. The number of benzene rings is 4. The number of hydrogen-bond acceptors (Lipinski definition) is 3. The number of aryl methyl sites for hydroxylation is 3. The Morgan fingerprint density at radius 2 is 0.969 bits per heavy atom. The van der Waals surface area contributed by atoms with Crippen LogP contribution in [0.2, 0.25) is 0 Å². The van der Waals surface area contributed by atoms with Crippen LogP contribution in [0.4, 0.5) is 0 Å². The Labute approximate surface area is 190 Å². The molecule has 0 saturated heterocycles. The molecular formula is C28H29O3P. The van der Waals surface area contributed by atoms with Gasteiger partial charge < -0.3 is 0 Å². The average molecular weight is 445 g/mol. The van der Waals surface area contributed by atoms with Crippen LogP contribution in [0.1, 0.15) is 16.7 Å². The Morgan fingerprint density at radius 1 is 0.500 bits per heavy atom. The first kappa shape index (κ1) is 22.1. The SMILES string of the molecule is COP(Oc1ccccc1)(Oc1ccccc1C)(c1ccccc1C)c1ccccc1C. The summed E-state index contributed by atoms with van der Waals surface area (Å²) in [5.74, 6) is 1.42. The summed E-state index contributed by atoms with van der Waals surface area (Å²) in [7, 11) is -2.50. The van der Waals surface area contributed by atoms with Gasteiger partial charge >= 0.3 is 191 Å². The van der Waals surface area contributed by atoms with Gasteiger partial charge in [0.1, 0.15) is 0 Å². The summed E-state index contributed by atoms with van der Waals surface area (Å²) in [5.41, 5.74) is 3.09. The van der Waals surface area contributed by atoms with Gasteiger partial charge in [-0.1, -0.05) is 0 Å². The summed E-state index contributed by atoms with van der Waals surface area (Å²) in [6.07, 6.45) is 0. The van der Waals surface area contributed by atoms with Gasteiger partial charge in [0.2, 0.25) is 0 Å². The summed E-state index contributed by atoms with van der Waals surface area (Å²) in [6, 6.07) is 34.1. The molecular weight excluding hydrogens is 415 g/mol. The van der Waals surface area contributed by atoms with E-state index in [1.54, 1.807) is 7.11 Å². The van der Waals surface area contributed by atoms with Crippen LogP contribution < -0.4 is 19.7 Å². The Morgan fingerprint density at radius 3 is 1.47 bits per heavy atom. The van der Waals surface area contributed by atoms with Crippen LogP contribution in [0.5, 0.6) is 11.5 Å². The van der Waals surface area contributed by atoms with Crippen molar-refractivity contribution < 1.29 is 13.6 Å². The molecule has 0 aromatic heterocycles. The fourth-order valence-electron chi connectivity index (χ4n) is 4.12. The molecule has 0 amide bonds. The van der Waals surface area contributed by atoms with E-state index < -0.39 is 7.28 Å². The molecule has 0 spiro atoms. The van der Waals surface area contributed by atoms with Gasteiger partial charge in [-0.3, -0.25) is 0 Å². The van der Waals surface area contributed by atoms with Crippen molar-refractivity contribution in [2.24, 2.45) is 0 Å². The first-order valence-corrected chi connectivity index (χ1v) is 12.7. The van der Waals surface area contributed by atoms with Crippen molar-refractivity contribution in [3.8, 4) is 11.5 Å². The second kappa shape index (κ2) is 8.78. The Bertz CT molecular complexity index is 1170. The zero-order valence-electron chi connectivity index (χ0n) is 19.0. The Balaban J connectivity index is 2.14. The molecule has 0 aliphatic heterocycles. The standard InChI is InChI=1S/C28H29O3P/c1-22-14-8-11-19-26(22)31-32(29-4,27-20-12-9-15-23(27)2,28-21-13-10-16-24(28)3)30-25-17-6-5-7-18-25/h5-21H,1-4H3. The van der Waals surface area contributed by atoms with E-state index in [2.05, 4.69) is 38.1 Å². The monoisotopic (exact) mass is 444 g/mol. The van der Waals surface area contributed by atoms with Gasteiger partial charge in [0.25, 0.3) is 0 Å². The van der Waals surface area contributed by atoms with E-state index in [1.807, 2.05) is 85.8 Å². The van der Waals surface area contributed by atoms with Crippen LogP contribution >= 0.6 is 7.28 Å². The van der Waals surface area contributed by atoms with Gasteiger partial charge in [0, 0.05) is 0 Å². The molecule has 0 fully saturated rings. The molecule has 0 radical (unpaired) electrons. The Kier molecular flexibility index (Phi) is 6.06. The first-order valence-electron chi connectivity index (χ1n) is 10.7. The summed E-state index contributed by atoms with van der Waals surface area (Å²) >= 11 is 0. The van der Waals surface area contributed by atoms with Crippen molar-refractivity contribution in [2.75, 3.05) is 7.11 Å². The molecule has 0 saturated carbocycles. The Hall–Kier alpha value is -3.13. The van der Waals surface area contributed by atoms with Crippen molar-refractivity contribution in [3.05, 3.63) is 120 Å². The van der Waals surface area contributed by atoms with Gasteiger partial charge in [0.15, 0.2) is 0 Å². The molecule has 0 N–H and O–H groups in total. The molecule has 164 valence electrons. The first-order chi connectivity index (χ1) is 15.5. The maximum absolute atomic E-state index is 7.09. The molecule has 4 aromatic carbocycles. The van der Waals surface area contributed by atoms with Crippen molar-refractivity contribution in [1.82, 2.24) is 0 Å². The van der Waals surface area contributed by atoms with Crippen LogP contribution in [-0.2, 0) is 4.52 Å². The summed E-state index contributed by atoms with van der Waals surface area (Å²) in [5, 5.41) is 1.81. The normalized spacial score (nSPS) is 12.6. The minimum atomic E-state index is -4.20. The molecule has 4 rings (SSSR count). The van der Waals surface area contributed by atoms with Gasteiger partial charge in [-0.2, -0.15) is 0 Å². The summed E-state index contributed by atoms with van der Waals surface area (Å²) < 4.78 is 20.7. The third-order valence-electron chi connectivity index (χ3n) is 5.77. The van der Waals surface area contributed by atoms with Gasteiger partial charge in [-0.25, -0.2) is 0 Å². The zero-order chi connectivity index (χ0) is 22.6. The van der Waals surface area contributed by atoms with Crippen LogP contribution in [0.3, 0.4) is 0 Å². The molecule has 0 aliphatic carbocycles. The van der Waals surface area contributed by atoms with E-state index in [-0.39, 0.29) is 0 Å². The van der Waals surface area contributed by atoms with Gasteiger partial charge in [-0.05, 0) is 0 Å². The van der Waals surface area contributed by atoms with Gasteiger partial charge in [-0.15, -0.1) is 0 Å². The van der Waals surface area contributed by atoms with Crippen molar-refractivity contribution >= 4 is 17.9 Å². The van der Waals surface area contributed by atoms with Gasteiger partial charge in [0.05, 0.1) is 0 Å². The molecule has 0 unspecified atom stereocenters. The fraction of sp³-hybridized carbons (Fsp3) is 0.143. The average Bonchev–Trinajstić information content (AvgIpc) is 2.81. The van der Waals surface area contributed by atoms with E-state index in [4.69, 9.17) is 13.6 Å². The molecule has 4 heteroatoms. The molecule has 4 aromatic rings. The quantitative estimate of drug-likeness (QED) is 0.298. The second-order valence-electron chi connectivity index (χ2n) is 7.90. The topological polar surface area (TPSA) is 27.7 Å². The van der Waals surface area contributed by atoms with E-state index in [0.717, 1.165) is 33.0 Å². The summed E-state index contributed by atoms with van der Waals surface area (Å²) in [4.78, 5) is 0. The van der Waals surface area contributed by atoms with Crippen LogP contribution in [-0.4, -0.2) is 7.11 Å². The number of hydrogen-bond donors (Lipinski definition) is 0. The van der Waals surface area contributed by atoms with Crippen LogP contribution in [0.25, 0.3) is 0 Å². The van der Waals surface area contributed by atoms with E-state index in [0.29, 0.717) is 5.75 Å². The molecule has 0 atom stereocenters. The predicted molar refractivity (Wildman–Crippen MR) is 134 cm³/mol. The molecule has 0 aliphatic rings. The van der Waals surface area contributed by atoms with Crippen molar-refractivity contribution in [3.63, 3.8) is 0 Å². The molecule has 0 bridgehead atoms. The third-order valence-corrected chi connectivity index (χ3v) is 10.2. The molecule has 0 heterocycles. The second-order valence-corrected chi connectivity index (χ2v) is 11.4.